The van der Waals surface area contributed by atoms with Crippen molar-refractivity contribution >= 4 is 27.0 Å². The molecule has 0 spiro atoms. The van der Waals surface area contributed by atoms with Crippen LogP contribution in [0.3, 0.4) is 0 Å². The molecule has 0 radical (unpaired) electrons. The van der Waals surface area contributed by atoms with Gasteiger partial charge in [-0.25, -0.2) is 4.98 Å². The van der Waals surface area contributed by atoms with E-state index in [0.717, 1.165) is 33.3 Å². The fourth-order valence-electron chi connectivity index (χ4n) is 2.40. The molecule has 0 bridgehead atoms. The highest BCUT2D eigenvalue weighted by Gasteiger charge is 2.09. The SMILES string of the molecule is Cn1c(Cc2cccc(Br)c2)nc2ccc(CN)cc21. The number of fused-ring (bicyclic) bond motifs is 1. The second-order valence-corrected chi connectivity index (χ2v) is 5.84. The van der Waals surface area contributed by atoms with Crippen molar-refractivity contribution in [2.45, 2.75) is 13.0 Å². The van der Waals surface area contributed by atoms with Crippen LogP contribution in [0.5, 0.6) is 0 Å². The van der Waals surface area contributed by atoms with Gasteiger partial charge in [0.25, 0.3) is 0 Å². The van der Waals surface area contributed by atoms with Gasteiger partial charge in [0.05, 0.1) is 11.0 Å². The third kappa shape index (κ3) is 2.49. The average Bonchev–Trinajstić information content (AvgIpc) is 2.75. The Morgan fingerprint density at radius 3 is 2.75 bits per heavy atom. The second-order valence-electron chi connectivity index (χ2n) is 4.92. The average molecular weight is 330 g/mol. The first-order chi connectivity index (χ1) is 9.67. The molecule has 2 aromatic carbocycles. The van der Waals surface area contributed by atoms with Crippen molar-refractivity contribution in [2.75, 3.05) is 0 Å². The molecule has 1 heterocycles. The summed E-state index contributed by atoms with van der Waals surface area (Å²) in [5, 5.41) is 0. The van der Waals surface area contributed by atoms with Gasteiger partial charge in [-0.2, -0.15) is 0 Å². The molecule has 0 saturated carbocycles. The van der Waals surface area contributed by atoms with Gasteiger partial charge in [-0.05, 0) is 35.4 Å². The first kappa shape index (κ1) is 13.3. The van der Waals surface area contributed by atoms with E-state index in [2.05, 4.69) is 51.8 Å². The minimum atomic E-state index is 0.558. The molecule has 3 rings (SSSR count). The largest absolute Gasteiger partial charge is 0.331 e. The molecular weight excluding hydrogens is 314 g/mol. The maximum absolute atomic E-state index is 5.70. The Balaban J connectivity index is 2.02. The van der Waals surface area contributed by atoms with Crippen LogP contribution in [0.15, 0.2) is 46.9 Å². The lowest BCUT2D eigenvalue weighted by atomic mass is 10.1. The number of hydrogen-bond donors (Lipinski definition) is 1. The van der Waals surface area contributed by atoms with E-state index in [1.807, 2.05) is 18.2 Å². The van der Waals surface area contributed by atoms with Gasteiger partial charge in [0, 0.05) is 24.5 Å². The molecule has 2 N–H and O–H groups in total. The highest BCUT2D eigenvalue weighted by Crippen LogP contribution is 2.20. The van der Waals surface area contributed by atoms with Crippen LogP contribution in [0.1, 0.15) is 17.0 Å². The highest BCUT2D eigenvalue weighted by atomic mass is 79.9. The molecule has 1 aromatic heterocycles. The summed E-state index contributed by atoms with van der Waals surface area (Å²) in [6.45, 7) is 0.558. The summed E-state index contributed by atoms with van der Waals surface area (Å²) in [6.07, 6.45) is 0.822. The Bertz CT molecular complexity index is 762. The van der Waals surface area contributed by atoms with Crippen LogP contribution in [0.2, 0.25) is 0 Å². The van der Waals surface area contributed by atoms with Crippen LogP contribution in [0, 0.1) is 0 Å². The summed E-state index contributed by atoms with van der Waals surface area (Å²) < 4.78 is 3.24. The maximum atomic E-state index is 5.70. The normalized spacial score (nSPS) is 11.2. The lowest BCUT2D eigenvalue weighted by Crippen LogP contribution is -2.00. The van der Waals surface area contributed by atoms with E-state index in [9.17, 15) is 0 Å². The highest BCUT2D eigenvalue weighted by molar-refractivity contribution is 9.10. The van der Waals surface area contributed by atoms with E-state index in [1.165, 1.54) is 5.56 Å². The van der Waals surface area contributed by atoms with Crippen molar-refractivity contribution in [1.82, 2.24) is 9.55 Å². The number of imidazole rings is 1. The summed E-state index contributed by atoms with van der Waals surface area (Å²) in [6, 6.07) is 14.5. The van der Waals surface area contributed by atoms with Crippen molar-refractivity contribution in [1.29, 1.82) is 0 Å². The number of hydrogen-bond acceptors (Lipinski definition) is 2. The van der Waals surface area contributed by atoms with Crippen LogP contribution in [0.25, 0.3) is 11.0 Å². The van der Waals surface area contributed by atoms with Crippen molar-refractivity contribution in [2.24, 2.45) is 12.8 Å². The van der Waals surface area contributed by atoms with E-state index < -0.39 is 0 Å². The van der Waals surface area contributed by atoms with E-state index in [4.69, 9.17) is 10.7 Å². The third-order valence-electron chi connectivity index (χ3n) is 3.52. The zero-order chi connectivity index (χ0) is 14.1. The van der Waals surface area contributed by atoms with E-state index in [0.29, 0.717) is 6.54 Å². The van der Waals surface area contributed by atoms with Gasteiger partial charge >= 0.3 is 0 Å². The number of rotatable bonds is 3. The Morgan fingerprint density at radius 2 is 2.00 bits per heavy atom. The maximum Gasteiger partial charge on any atom is 0.114 e. The molecule has 20 heavy (non-hydrogen) atoms. The van der Waals surface area contributed by atoms with E-state index >= 15 is 0 Å². The number of nitrogens with two attached hydrogens (primary N) is 1. The Morgan fingerprint density at radius 1 is 1.15 bits per heavy atom. The smallest absolute Gasteiger partial charge is 0.114 e. The first-order valence-electron chi connectivity index (χ1n) is 6.56. The van der Waals surface area contributed by atoms with Crippen molar-refractivity contribution in [3.05, 3.63) is 63.9 Å². The molecule has 0 saturated heterocycles. The quantitative estimate of drug-likeness (QED) is 0.800. The monoisotopic (exact) mass is 329 g/mol. The number of halogens is 1. The van der Waals surface area contributed by atoms with Crippen LogP contribution in [0.4, 0.5) is 0 Å². The number of benzene rings is 2. The van der Waals surface area contributed by atoms with E-state index in [1.54, 1.807) is 0 Å². The summed E-state index contributed by atoms with van der Waals surface area (Å²) in [7, 11) is 2.06. The van der Waals surface area contributed by atoms with Crippen LogP contribution in [-0.4, -0.2) is 9.55 Å². The van der Waals surface area contributed by atoms with Gasteiger partial charge in [0.1, 0.15) is 5.82 Å². The Hall–Kier alpha value is -1.65. The number of aromatic nitrogens is 2. The zero-order valence-electron chi connectivity index (χ0n) is 11.3. The van der Waals surface area contributed by atoms with Crippen LogP contribution in [-0.2, 0) is 20.0 Å². The molecule has 102 valence electrons. The van der Waals surface area contributed by atoms with Crippen molar-refractivity contribution < 1.29 is 0 Å². The lowest BCUT2D eigenvalue weighted by Gasteiger charge is -2.04. The van der Waals surface area contributed by atoms with Crippen molar-refractivity contribution in [3.63, 3.8) is 0 Å². The van der Waals surface area contributed by atoms with Crippen LogP contribution < -0.4 is 5.73 Å². The topological polar surface area (TPSA) is 43.8 Å². The fourth-order valence-corrected chi connectivity index (χ4v) is 2.85. The number of nitrogens with zero attached hydrogens (tertiary/aromatic N) is 2. The molecular formula is C16H16BrN3. The summed E-state index contributed by atoms with van der Waals surface area (Å²) in [5.74, 6) is 1.06. The zero-order valence-corrected chi connectivity index (χ0v) is 12.9. The predicted molar refractivity (Wildman–Crippen MR) is 85.6 cm³/mol. The van der Waals surface area contributed by atoms with Gasteiger partial charge in [0.2, 0.25) is 0 Å². The second kappa shape index (κ2) is 5.38. The molecule has 4 heteroatoms. The molecule has 0 fully saturated rings. The number of aryl methyl sites for hydroxylation is 1. The standard InChI is InChI=1S/C16H16BrN3/c1-20-15-8-12(10-18)5-6-14(15)19-16(20)9-11-3-2-4-13(17)7-11/h2-8H,9-10,18H2,1H3. The molecule has 0 aliphatic carbocycles. The molecule has 3 nitrogen and oxygen atoms in total. The molecule has 0 aliphatic rings. The fraction of sp³-hybridized carbons (Fsp3) is 0.188. The predicted octanol–water partition coefficient (Wildman–Crippen LogP) is 3.39. The molecule has 0 atom stereocenters. The van der Waals surface area contributed by atoms with Crippen molar-refractivity contribution in [3.8, 4) is 0 Å². The Labute approximate surface area is 126 Å². The summed E-state index contributed by atoms with van der Waals surface area (Å²) in [5.41, 5.74) is 10.2. The van der Waals surface area contributed by atoms with Gasteiger partial charge in [-0.1, -0.05) is 34.1 Å². The Kier molecular flexibility index (Phi) is 3.59. The third-order valence-corrected chi connectivity index (χ3v) is 4.02. The first-order valence-corrected chi connectivity index (χ1v) is 7.35. The lowest BCUT2D eigenvalue weighted by molar-refractivity contribution is 0.844. The van der Waals surface area contributed by atoms with Gasteiger partial charge in [-0.15, -0.1) is 0 Å². The van der Waals surface area contributed by atoms with Gasteiger partial charge in [-0.3, -0.25) is 0 Å². The van der Waals surface area contributed by atoms with E-state index in [-0.39, 0.29) is 0 Å². The molecule has 3 aromatic rings. The van der Waals surface area contributed by atoms with Gasteiger partial charge < -0.3 is 10.3 Å². The summed E-state index contributed by atoms with van der Waals surface area (Å²) in [4.78, 5) is 4.72. The molecule has 0 unspecified atom stereocenters. The van der Waals surface area contributed by atoms with Gasteiger partial charge in [0.15, 0.2) is 0 Å². The molecule has 0 amide bonds. The summed E-state index contributed by atoms with van der Waals surface area (Å²) >= 11 is 3.51. The minimum Gasteiger partial charge on any atom is -0.331 e. The minimum absolute atomic E-state index is 0.558. The molecule has 0 aliphatic heterocycles. The van der Waals surface area contributed by atoms with Crippen LogP contribution >= 0.6 is 15.9 Å².